The van der Waals surface area contributed by atoms with Gasteiger partial charge in [-0.3, -0.25) is 4.79 Å². The second-order valence-electron chi connectivity index (χ2n) is 4.78. The highest BCUT2D eigenvalue weighted by Gasteiger charge is 2.17. The molecule has 0 spiro atoms. The van der Waals surface area contributed by atoms with Crippen LogP contribution in [0.2, 0.25) is 0 Å². The zero-order valence-corrected chi connectivity index (χ0v) is 13.2. The van der Waals surface area contributed by atoms with Gasteiger partial charge in [0, 0.05) is 17.4 Å². The van der Waals surface area contributed by atoms with E-state index >= 15 is 0 Å². The fourth-order valence-electron chi connectivity index (χ4n) is 2.00. The number of nitrogens with one attached hydrogen (secondary N) is 1. The van der Waals surface area contributed by atoms with Crippen molar-refractivity contribution >= 4 is 28.9 Å². The predicted octanol–water partition coefficient (Wildman–Crippen LogP) is 3.77. The number of amides is 1. The molecule has 7 heteroatoms. The maximum absolute atomic E-state index is 13.7. The summed E-state index contributed by atoms with van der Waals surface area (Å²) in [5.41, 5.74) is -0.671. The number of ether oxygens (including phenoxy) is 1. The quantitative estimate of drug-likeness (QED) is 0.815. The average Bonchev–Trinajstić information content (AvgIpc) is 3.02. The highest BCUT2D eigenvalue weighted by atomic mass is 32.1. The van der Waals surface area contributed by atoms with Crippen LogP contribution >= 0.6 is 11.3 Å². The van der Waals surface area contributed by atoms with Crippen LogP contribution in [0.5, 0.6) is 0 Å². The molecule has 0 atom stereocenters. The monoisotopic (exact) mass is 339 g/mol. The molecule has 2 aromatic rings. The van der Waals surface area contributed by atoms with Gasteiger partial charge in [-0.2, -0.15) is 0 Å². The van der Waals surface area contributed by atoms with Crippen LogP contribution < -0.4 is 5.32 Å². The summed E-state index contributed by atoms with van der Waals surface area (Å²) < 4.78 is 31.6. The SMILES string of the molecule is COC(=O)c1cc(NC(=O)CCCc2cccs2)c(F)cc1F. The summed E-state index contributed by atoms with van der Waals surface area (Å²) in [6.07, 6.45) is 1.56. The molecule has 1 aromatic carbocycles. The third kappa shape index (κ3) is 4.59. The van der Waals surface area contributed by atoms with E-state index in [-0.39, 0.29) is 12.1 Å². The molecule has 0 unspecified atom stereocenters. The van der Waals surface area contributed by atoms with E-state index < -0.39 is 29.1 Å². The summed E-state index contributed by atoms with van der Waals surface area (Å²) in [6.45, 7) is 0. The summed E-state index contributed by atoms with van der Waals surface area (Å²) in [5.74, 6) is -3.31. The number of methoxy groups -OCH3 is 1. The molecule has 1 heterocycles. The minimum atomic E-state index is -1.04. The van der Waals surface area contributed by atoms with Crippen LogP contribution in [-0.2, 0) is 16.0 Å². The Bertz CT molecular complexity index is 702. The first kappa shape index (κ1) is 17.1. The van der Waals surface area contributed by atoms with Gasteiger partial charge in [0.15, 0.2) is 0 Å². The third-order valence-electron chi connectivity index (χ3n) is 3.14. The molecule has 0 saturated heterocycles. The molecule has 1 amide bonds. The number of aryl methyl sites for hydroxylation is 1. The van der Waals surface area contributed by atoms with Crippen molar-refractivity contribution in [2.45, 2.75) is 19.3 Å². The molecule has 0 aliphatic heterocycles. The Hall–Kier alpha value is -2.28. The second kappa shape index (κ2) is 7.82. The number of thiophene rings is 1. The fourth-order valence-corrected chi connectivity index (χ4v) is 2.75. The molecule has 0 fully saturated rings. The lowest BCUT2D eigenvalue weighted by molar-refractivity contribution is -0.116. The normalized spacial score (nSPS) is 10.4. The molecule has 1 aromatic heterocycles. The molecule has 0 aliphatic carbocycles. The van der Waals surface area contributed by atoms with E-state index in [1.807, 2.05) is 17.5 Å². The highest BCUT2D eigenvalue weighted by Crippen LogP contribution is 2.21. The molecule has 0 saturated carbocycles. The highest BCUT2D eigenvalue weighted by molar-refractivity contribution is 7.09. The molecule has 2 rings (SSSR count). The van der Waals surface area contributed by atoms with Gasteiger partial charge in [0.1, 0.15) is 11.6 Å². The first-order valence-electron chi connectivity index (χ1n) is 6.91. The van der Waals surface area contributed by atoms with Gasteiger partial charge >= 0.3 is 5.97 Å². The first-order chi connectivity index (χ1) is 11.0. The fraction of sp³-hybridized carbons (Fsp3) is 0.250. The zero-order chi connectivity index (χ0) is 16.8. The van der Waals surface area contributed by atoms with Crippen LogP contribution in [0.15, 0.2) is 29.6 Å². The lowest BCUT2D eigenvalue weighted by Gasteiger charge is -2.09. The van der Waals surface area contributed by atoms with E-state index in [0.717, 1.165) is 19.6 Å². The Balaban J connectivity index is 1.98. The van der Waals surface area contributed by atoms with E-state index in [0.29, 0.717) is 12.5 Å². The maximum Gasteiger partial charge on any atom is 0.340 e. The Morgan fingerprint density at radius 3 is 2.70 bits per heavy atom. The lowest BCUT2D eigenvalue weighted by atomic mass is 10.1. The average molecular weight is 339 g/mol. The van der Waals surface area contributed by atoms with Gasteiger partial charge in [-0.1, -0.05) is 6.07 Å². The van der Waals surface area contributed by atoms with Crippen LogP contribution in [0.3, 0.4) is 0 Å². The van der Waals surface area contributed by atoms with Gasteiger partial charge in [0.05, 0.1) is 18.4 Å². The number of hydrogen-bond acceptors (Lipinski definition) is 4. The van der Waals surface area contributed by atoms with Crippen LogP contribution in [0.4, 0.5) is 14.5 Å². The number of halogens is 2. The van der Waals surface area contributed by atoms with Crippen LogP contribution in [0.1, 0.15) is 28.1 Å². The minimum absolute atomic E-state index is 0.197. The molecule has 0 aliphatic rings. The van der Waals surface area contributed by atoms with E-state index in [1.165, 1.54) is 4.88 Å². The van der Waals surface area contributed by atoms with Gasteiger partial charge < -0.3 is 10.1 Å². The third-order valence-corrected chi connectivity index (χ3v) is 4.08. The molecule has 23 heavy (non-hydrogen) atoms. The summed E-state index contributed by atoms with van der Waals surface area (Å²) >= 11 is 1.61. The van der Waals surface area contributed by atoms with Crippen molar-refractivity contribution in [1.82, 2.24) is 0 Å². The second-order valence-corrected chi connectivity index (χ2v) is 5.82. The number of benzene rings is 1. The standard InChI is InChI=1S/C16H15F2NO3S/c1-22-16(21)11-8-14(13(18)9-12(11)17)19-15(20)6-2-4-10-5-3-7-23-10/h3,5,7-9H,2,4,6H2,1H3,(H,19,20). The van der Waals surface area contributed by atoms with Gasteiger partial charge in [0.2, 0.25) is 5.91 Å². The van der Waals surface area contributed by atoms with Crippen molar-refractivity contribution < 1.29 is 23.1 Å². The zero-order valence-electron chi connectivity index (χ0n) is 12.4. The van der Waals surface area contributed by atoms with Gasteiger partial charge in [-0.15, -0.1) is 11.3 Å². The molecule has 4 nitrogen and oxygen atoms in total. The number of carbonyl (C=O) groups is 2. The van der Waals surface area contributed by atoms with Crippen LogP contribution in [-0.4, -0.2) is 19.0 Å². The largest absolute Gasteiger partial charge is 0.465 e. The minimum Gasteiger partial charge on any atom is -0.465 e. The maximum atomic E-state index is 13.7. The van der Waals surface area contributed by atoms with Crippen molar-refractivity contribution in [2.75, 3.05) is 12.4 Å². The van der Waals surface area contributed by atoms with Crippen molar-refractivity contribution in [3.8, 4) is 0 Å². The van der Waals surface area contributed by atoms with Gasteiger partial charge in [-0.25, -0.2) is 13.6 Å². The van der Waals surface area contributed by atoms with E-state index in [9.17, 15) is 18.4 Å². The van der Waals surface area contributed by atoms with Crippen LogP contribution in [0.25, 0.3) is 0 Å². The summed E-state index contributed by atoms with van der Waals surface area (Å²) in [5, 5.41) is 4.31. The Kier molecular flexibility index (Phi) is 5.81. The number of rotatable bonds is 6. The first-order valence-corrected chi connectivity index (χ1v) is 7.79. The Morgan fingerprint density at radius 2 is 2.04 bits per heavy atom. The number of carbonyl (C=O) groups excluding carboxylic acids is 2. The number of esters is 1. The van der Waals surface area contributed by atoms with Crippen molar-refractivity contribution in [1.29, 1.82) is 0 Å². The smallest absolute Gasteiger partial charge is 0.340 e. The molecule has 0 radical (unpaired) electrons. The summed E-state index contributed by atoms with van der Waals surface area (Å²) in [7, 11) is 1.09. The Morgan fingerprint density at radius 1 is 1.26 bits per heavy atom. The number of hydrogen-bond donors (Lipinski definition) is 1. The Labute approximate surface area is 136 Å². The van der Waals surface area contributed by atoms with Crippen LogP contribution in [0, 0.1) is 11.6 Å². The van der Waals surface area contributed by atoms with E-state index in [2.05, 4.69) is 10.1 Å². The molecular weight excluding hydrogens is 324 g/mol. The predicted molar refractivity (Wildman–Crippen MR) is 83.6 cm³/mol. The summed E-state index contributed by atoms with van der Waals surface area (Å²) in [6, 6.07) is 5.40. The summed E-state index contributed by atoms with van der Waals surface area (Å²) in [4.78, 5) is 24.4. The lowest BCUT2D eigenvalue weighted by Crippen LogP contribution is -2.14. The van der Waals surface area contributed by atoms with E-state index in [1.54, 1.807) is 11.3 Å². The molecular formula is C16H15F2NO3S. The molecule has 122 valence electrons. The number of anilines is 1. The van der Waals surface area contributed by atoms with E-state index in [4.69, 9.17) is 0 Å². The van der Waals surface area contributed by atoms with Crippen molar-refractivity contribution in [3.05, 3.63) is 51.7 Å². The molecule has 0 bridgehead atoms. The van der Waals surface area contributed by atoms with Gasteiger partial charge in [0.25, 0.3) is 0 Å². The van der Waals surface area contributed by atoms with Crippen molar-refractivity contribution in [2.24, 2.45) is 0 Å². The van der Waals surface area contributed by atoms with Crippen molar-refractivity contribution in [3.63, 3.8) is 0 Å². The van der Waals surface area contributed by atoms with Gasteiger partial charge in [-0.05, 0) is 30.4 Å². The topological polar surface area (TPSA) is 55.4 Å². The molecule has 1 N–H and O–H groups in total.